The number of carbonyl (C=O) groups is 2. The normalized spacial score (nSPS) is 12.4. The predicted octanol–water partition coefficient (Wildman–Crippen LogP) is 5.32. The molecule has 0 aliphatic heterocycles. The molecule has 7 N–H and O–H groups in total. The topological polar surface area (TPSA) is 323 Å². The second-order valence-corrected chi connectivity index (χ2v) is 15.5. The van der Waals surface area contributed by atoms with E-state index in [9.17, 15) is 53.6 Å². The Balaban J connectivity index is 1.59. The number of aromatic hydroxyl groups is 1. The van der Waals surface area contributed by atoms with Gasteiger partial charge in [-0.25, -0.2) is 4.79 Å². The van der Waals surface area contributed by atoms with Crippen molar-refractivity contribution < 1.29 is 63.1 Å². The molecule has 0 saturated carbocycles. The van der Waals surface area contributed by atoms with Crippen LogP contribution in [0.4, 0.5) is 28.4 Å². The second kappa shape index (κ2) is 15.8. The number of ether oxygens (including phenoxy) is 2. The summed E-state index contributed by atoms with van der Waals surface area (Å²) >= 11 is 0. The van der Waals surface area contributed by atoms with Crippen LogP contribution in [0.2, 0.25) is 0 Å². The molecule has 0 bridgehead atoms. The van der Waals surface area contributed by atoms with Crippen LogP contribution < -0.4 is 15.8 Å². The standard InChI is InChI=1S/C33H28N6O14S3/c1-3-29(40)53-11-10-35-33(42)17-4-6-19(7-5-17)36-37-25-16-26(52-2)30(23-14-20(54(43,44)45)8-9-21(23)25)38-39-31-28(56(49,50)51)13-18-12-27(55(46,47)48)24(34)15-22(18)32(31)41/h3-9,12-16,41H,1,10-11,34H2,2H3,(H,35,42)(H,43,44,45)(H,46,47,48)(H,49,50,51)/b37-36+,39-38+. The maximum absolute atomic E-state index is 12.4. The zero-order chi connectivity index (χ0) is 41.2. The van der Waals surface area contributed by atoms with Gasteiger partial charge in [-0.1, -0.05) is 12.6 Å². The average Bonchev–Trinajstić information content (AvgIpc) is 3.13. The number of rotatable bonds is 13. The molecule has 0 heterocycles. The van der Waals surface area contributed by atoms with Gasteiger partial charge in [-0.05, 0) is 60.0 Å². The Labute approximate surface area is 317 Å². The van der Waals surface area contributed by atoms with Gasteiger partial charge in [0.25, 0.3) is 36.3 Å². The van der Waals surface area contributed by atoms with Gasteiger partial charge in [-0.15, -0.1) is 15.3 Å². The Bertz CT molecular complexity index is 2840. The summed E-state index contributed by atoms with van der Waals surface area (Å²) in [4.78, 5) is 21.1. The fourth-order valence-corrected chi connectivity index (χ4v) is 6.92. The first-order valence-corrected chi connectivity index (χ1v) is 19.7. The summed E-state index contributed by atoms with van der Waals surface area (Å²) in [7, 11) is -13.7. The number of methoxy groups -OCH3 is 1. The molecule has 56 heavy (non-hydrogen) atoms. The van der Waals surface area contributed by atoms with E-state index in [0.29, 0.717) is 0 Å². The van der Waals surface area contributed by atoms with Gasteiger partial charge in [0.15, 0.2) is 5.75 Å². The molecule has 0 aliphatic rings. The minimum Gasteiger partial charge on any atom is -0.505 e. The van der Waals surface area contributed by atoms with Crippen molar-refractivity contribution in [2.75, 3.05) is 26.0 Å². The number of nitrogens with two attached hydrogens (primary N) is 1. The van der Waals surface area contributed by atoms with E-state index in [1.54, 1.807) is 0 Å². The molecular weight excluding hydrogens is 801 g/mol. The summed E-state index contributed by atoms with van der Waals surface area (Å²) < 4.78 is 112. The van der Waals surface area contributed by atoms with E-state index in [2.05, 4.69) is 32.4 Å². The molecule has 5 aromatic rings. The lowest BCUT2D eigenvalue weighted by Gasteiger charge is -2.13. The number of hydrogen-bond acceptors (Lipinski definition) is 16. The van der Waals surface area contributed by atoms with E-state index in [1.165, 1.54) is 43.5 Å². The lowest BCUT2D eigenvalue weighted by Crippen LogP contribution is -2.27. The van der Waals surface area contributed by atoms with Gasteiger partial charge in [-0.2, -0.15) is 30.4 Å². The zero-order valence-corrected chi connectivity index (χ0v) is 31.0. The third kappa shape index (κ3) is 8.94. The predicted molar refractivity (Wildman–Crippen MR) is 198 cm³/mol. The Morgan fingerprint density at radius 1 is 0.786 bits per heavy atom. The number of azo groups is 2. The maximum Gasteiger partial charge on any atom is 0.330 e. The fraction of sp³-hybridized carbons (Fsp3) is 0.0909. The van der Waals surface area contributed by atoms with Gasteiger partial charge in [0.1, 0.15) is 33.5 Å². The Hall–Kier alpha value is -6.37. The van der Waals surface area contributed by atoms with Gasteiger partial charge < -0.3 is 25.6 Å². The fourth-order valence-electron chi connectivity index (χ4n) is 5.12. The monoisotopic (exact) mass is 828 g/mol. The maximum atomic E-state index is 12.4. The number of hydrogen-bond donors (Lipinski definition) is 6. The summed E-state index contributed by atoms with van der Waals surface area (Å²) in [5.41, 5.74) is 4.64. The molecule has 0 fully saturated rings. The van der Waals surface area contributed by atoms with Gasteiger partial charge in [-0.3, -0.25) is 18.5 Å². The molecule has 5 rings (SSSR count). The highest BCUT2D eigenvalue weighted by Crippen LogP contribution is 2.47. The molecule has 20 nitrogen and oxygen atoms in total. The number of fused-ring (bicyclic) bond motifs is 2. The van der Waals surface area contributed by atoms with Crippen LogP contribution in [0.1, 0.15) is 10.4 Å². The minimum atomic E-state index is -5.22. The van der Waals surface area contributed by atoms with Gasteiger partial charge in [0, 0.05) is 33.9 Å². The largest absolute Gasteiger partial charge is 0.505 e. The van der Waals surface area contributed by atoms with Crippen LogP contribution >= 0.6 is 0 Å². The number of anilines is 1. The zero-order valence-electron chi connectivity index (χ0n) is 28.5. The first kappa shape index (κ1) is 40.8. The van der Waals surface area contributed by atoms with Crippen molar-refractivity contribution in [2.24, 2.45) is 20.5 Å². The molecule has 23 heteroatoms. The summed E-state index contributed by atoms with van der Waals surface area (Å²) in [5, 5.41) is 29.4. The summed E-state index contributed by atoms with van der Waals surface area (Å²) in [6.07, 6.45) is 0.989. The van der Waals surface area contributed by atoms with Crippen LogP contribution in [-0.4, -0.2) is 76.2 Å². The van der Waals surface area contributed by atoms with E-state index in [1.807, 2.05) is 0 Å². The van der Waals surface area contributed by atoms with E-state index in [-0.39, 0.29) is 63.1 Å². The number of nitrogen functional groups attached to an aromatic ring is 1. The van der Waals surface area contributed by atoms with Crippen LogP contribution in [-0.2, 0) is 39.9 Å². The average molecular weight is 829 g/mol. The van der Waals surface area contributed by atoms with Gasteiger partial charge in [0.05, 0.1) is 35.6 Å². The van der Waals surface area contributed by atoms with E-state index >= 15 is 0 Å². The highest BCUT2D eigenvalue weighted by Gasteiger charge is 2.25. The summed E-state index contributed by atoms with van der Waals surface area (Å²) in [6, 6.07) is 12.8. The number of amides is 1. The number of benzene rings is 5. The first-order chi connectivity index (χ1) is 26.2. The molecule has 292 valence electrons. The Morgan fingerprint density at radius 2 is 1.43 bits per heavy atom. The van der Waals surface area contributed by atoms with Crippen LogP contribution in [0.5, 0.6) is 11.5 Å². The van der Waals surface area contributed by atoms with Crippen LogP contribution in [0.15, 0.2) is 115 Å². The lowest BCUT2D eigenvalue weighted by atomic mass is 10.1. The number of nitrogens with zero attached hydrogens (tertiary/aromatic N) is 4. The van der Waals surface area contributed by atoms with E-state index in [0.717, 1.165) is 36.4 Å². The molecular formula is C33H28N6O14S3. The Morgan fingerprint density at radius 3 is 2.04 bits per heavy atom. The summed E-state index contributed by atoms with van der Waals surface area (Å²) in [6.45, 7) is 3.25. The number of nitrogens with one attached hydrogen (secondary N) is 1. The summed E-state index contributed by atoms with van der Waals surface area (Å²) in [5.74, 6) is -2.21. The van der Waals surface area contributed by atoms with Gasteiger partial charge in [0.2, 0.25) is 0 Å². The molecule has 5 aromatic carbocycles. The molecule has 1 amide bonds. The quantitative estimate of drug-likeness (QED) is 0.0218. The van der Waals surface area contributed by atoms with Crippen LogP contribution in [0.25, 0.3) is 21.5 Å². The highest BCUT2D eigenvalue weighted by atomic mass is 32.2. The molecule has 0 aliphatic carbocycles. The van der Waals surface area contributed by atoms with Crippen molar-refractivity contribution in [1.29, 1.82) is 0 Å². The molecule has 0 aromatic heterocycles. The number of phenols is 1. The van der Waals surface area contributed by atoms with Crippen molar-refractivity contribution >= 4 is 92.2 Å². The van der Waals surface area contributed by atoms with Crippen molar-refractivity contribution in [3.05, 3.63) is 84.9 Å². The number of phenolic OH excluding ortho intramolecular Hbond substituents is 1. The first-order valence-electron chi connectivity index (χ1n) is 15.4. The lowest BCUT2D eigenvalue weighted by molar-refractivity contribution is -0.137. The smallest absolute Gasteiger partial charge is 0.330 e. The second-order valence-electron chi connectivity index (χ2n) is 11.3. The molecule has 0 atom stereocenters. The van der Waals surface area contributed by atoms with Crippen molar-refractivity contribution in [1.82, 2.24) is 5.32 Å². The van der Waals surface area contributed by atoms with E-state index < -0.39 is 74.0 Å². The van der Waals surface area contributed by atoms with Crippen LogP contribution in [0, 0.1) is 0 Å². The molecule has 0 saturated heterocycles. The number of carbonyl (C=O) groups excluding carboxylic acids is 2. The van der Waals surface area contributed by atoms with E-state index in [4.69, 9.17) is 15.2 Å². The molecule has 0 unspecified atom stereocenters. The molecule has 0 radical (unpaired) electrons. The minimum absolute atomic E-state index is 0.0460. The Kier molecular flexibility index (Phi) is 11.5. The van der Waals surface area contributed by atoms with Crippen molar-refractivity contribution in [3.8, 4) is 11.5 Å². The third-order valence-electron chi connectivity index (χ3n) is 7.73. The van der Waals surface area contributed by atoms with Gasteiger partial charge >= 0.3 is 5.97 Å². The third-order valence-corrected chi connectivity index (χ3v) is 10.4. The molecule has 0 spiro atoms. The van der Waals surface area contributed by atoms with Crippen LogP contribution in [0.3, 0.4) is 0 Å². The SMILES string of the molecule is C=CC(=O)OCCNC(=O)c1ccc(/N=N/c2cc(OC)c(/N=N/c3c(S(=O)(=O)O)cc4cc(S(=O)(=O)O)c(N)cc4c3O)c3cc(S(=O)(=O)O)ccc23)cc1. The van der Waals surface area contributed by atoms with Crippen molar-refractivity contribution in [2.45, 2.75) is 14.7 Å². The van der Waals surface area contributed by atoms with Crippen molar-refractivity contribution in [3.63, 3.8) is 0 Å². The highest BCUT2D eigenvalue weighted by molar-refractivity contribution is 7.86. The number of esters is 1.